The average Bonchev–Trinajstić information content (AvgIpc) is 2.51. The molecule has 1 heterocycles. The van der Waals surface area contributed by atoms with E-state index in [0.29, 0.717) is 24.5 Å². The maximum Gasteiger partial charge on any atom is 0.262 e. The van der Waals surface area contributed by atoms with E-state index in [2.05, 4.69) is 34.8 Å². The summed E-state index contributed by atoms with van der Waals surface area (Å²) in [4.78, 5) is 17.2. The molecule has 0 unspecified atom stereocenters. The van der Waals surface area contributed by atoms with Crippen LogP contribution in [0.1, 0.15) is 27.2 Å². The zero-order chi connectivity index (χ0) is 16.8. The smallest absolute Gasteiger partial charge is 0.262 e. The van der Waals surface area contributed by atoms with Crippen LogP contribution in [0, 0.1) is 5.92 Å². The molecule has 0 fully saturated rings. The van der Waals surface area contributed by atoms with E-state index in [1.165, 1.54) is 0 Å². The Kier molecular flexibility index (Phi) is 7.11. The summed E-state index contributed by atoms with van der Waals surface area (Å²) < 4.78 is 8.25. The number of ether oxygens (including phenoxy) is 1. The molecule has 0 saturated carbocycles. The number of hydrogen-bond donors (Lipinski definition) is 0. The van der Waals surface area contributed by atoms with E-state index in [4.69, 9.17) is 4.74 Å². The van der Waals surface area contributed by atoms with Crippen molar-refractivity contribution in [1.82, 2.24) is 9.55 Å². The molecule has 2 aromatic rings. The van der Waals surface area contributed by atoms with Crippen molar-refractivity contribution in [3.8, 4) is 0 Å². The minimum absolute atomic E-state index is 0.0158. The first-order valence-corrected chi connectivity index (χ1v) is 9.71. The molecule has 23 heavy (non-hydrogen) atoms. The van der Waals surface area contributed by atoms with Crippen molar-refractivity contribution < 1.29 is 4.74 Å². The van der Waals surface area contributed by atoms with Crippen LogP contribution in [-0.2, 0) is 11.3 Å². The molecular formula is C17H23BrN2O2S. The van der Waals surface area contributed by atoms with Crippen LogP contribution < -0.4 is 5.56 Å². The molecule has 4 nitrogen and oxygen atoms in total. The third-order valence-corrected chi connectivity index (χ3v) is 4.93. The number of aromatic nitrogens is 2. The van der Waals surface area contributed by atoms with E-state index in [0.717, 1.165) is 33.9 Å². The van der Waals surface area contributed by atoms with E-state index in [-0.39, 0.29) is 5.56 Å². The fourth-order valence-corrected chi connectivity index (χ4v) is 3.45. The van der Waals surface area contributed by atoms with Gasteiger partial charge in [-0.05, 0) is 37.5 Å². The molecule has 0 radical (unpaired) electrons. The van der Waals surface area contributed by atoms with Crippen molar-refractivity contribution in [2.24, 2.45) is 5.92 Å². The molecule has 0 aliphatic heterocycles. The van der Waals surface area contributed by atoms with E-state index in [1.807, 2.05) is 25.1 Å². The fraction of sp³-hybridized carbons (Fsp3) is 0.529. The quantitative estimate of drug-likeness (QED) is 0.377. The molecule has 0 saturated heterocycles. The van der Waals surface area contributed by atoms with E-state index in [1.54, 1.807) is 16.3 Å². The second-order valence-electron chi connectivity index (χ2n) is 5.75. The maximum absolute atomic E-state index is 12.6. The largest absolute Gasteiger partial charge is 0.381 e. The molecule has 0 N–H and O–H groups in total. The minimum Gasteiger partial charge on any atom is -0.381 e. The zero-order valence-electron chi connectivity index (χ0n) is 13.8. The Bertz CT molecular complexity index is 716. The lowest BCUT2D eigenvalue weighted by Gasteiger charge is -2.11. The molecule has 0 spiro atoms. The molecule has 0 bridgehead atoms. The van der Waals surface area contributed by atoms with Crippen molar-refractivity contribution in [3.63, 3.8) is 0 Å². The summed E-state index contributed by atoms with van der Waals surface area (Å²) in [6.45, 7) is 8.43. The lowest BCUT2D eigenvalue weighted by molar-refractivity contribution is 0.138. The summed E-state index contributed by atoms with van der Waals surface area (Å²) in [5, 5.41) is 1.42. The summed E-state index contributed by atoms with van der Waals surface area (Å²) in [7, 11) is 0. The molecular weight excluding hydrogens is 376 g/mol. The molecule has 6 heteroatoms. The van der Waals surface area contributed by atoms with Crippen molar-refractivity contribution >= 4 is 38.6 Å². The number of benzene rings is 1. The Hall–Kier alpha value is -0.850. The van der Waals surface area contributed by atoms with Crippen molar-refractivity contribution in [2.45, 2.75) is 38.9 Å². The normalized spacial score (nSPS) is 11.5. The van der Waals surface area contributed by atoms with Crippen LogP contribution in [0.2, 0.25) is 0 Å². The molecule has 2 rings (SSSR count). The minimum atomic E-state index is 0.0158. The van der Waals surface area contributed by atoms with Gasteiger partial charge in [0.15, 0.2) is 5.16 Å². The Balaban J connectivity index is 2.08. The van der Waals surface area contributed by atoms with Gasteiger partial charge in [0.25, 0.3) is 5.56 Å². The van der Waals surface area contributed by atoms with Gasteiger partial charge in [-0.25, -0.2) is 4.98 Å². The van der Waals surface area contributed by atoms with E-state index < -0.39 is 0 Å². The van der Waals surface area contributed by atoms with Gasteiger partial charge in [-0.1, -0.05) is 41.5 Å². The third kappa shape index (κ3) is 5.06. The molecule has 1 aromatic carbocycles. The fourth-order valence-electron chi connectivity index (χ4n) is 2.17. The van der Waals surface area contributed by atoms with Gasteiger partial charge in [0, 0.05) is 23.4 Å². The van der Waals surface area contributed by atoms with Crippen LogP contribution in [0.4, 0.5) is 0 Å². The highest BCUT2D eigenvalue weighted by molar-refractivity contribution is 9.10. The molecule has 0 aliphatic carbocycles. The number of thioether (sulfide) groups is 1. The van der Waals surface area contributed by atoms with Crippen LogP contribution in [0.15, 0.2) is 32.6 Å². The first kappa shape index (κ1) is 18.5. The van der Waals surface area contributed by atoms with Crippen molar-refractivity contribution in [1.29, 1.82) is 0 Å². The van der Waals surface area contributed by atoms with Crippen molar-refractivity contribution in [3.05, 3.63) is 33.0 Å². The number of hydrogen-bond acceptors (Lipinski definition) is 4. The lowest BCUT2D eigenvalue weighted by atomic mass is 10.1. The van der Waals surface area contributed by atoms with Gasteiger partial charge < -0.3 is 4.74 Å². The maximum atomic E-state index is 12.6. The Morgan fingerprint density at radius 3 is 2.83 bits per heavy atom. The number of halogens is 1. The highest BCUT2D eigenvalue weighted by Crippen LogP contribution is 2.20. The summed E-state index contributed by atoms with van der Waals surface area (Å²) in [5.41, 5.74) is 0.758. The Morgan fingerprint density at radius 1 is 1.35 bits per heavy atom. The van der Waals surface area contributed by atoms with Crippen LogP contribution >= 0.6 is 27.7 Å². The van der Waals surface area contributed by atoms with Gasteiger partial charge in [0.05, 0.1) is 17.5 Å². The number of nitrogens with zero attached hydrogens (tertiary/aromatic N) is 2. The first-order valence-electron chi connectivity index (χ1n) is 7.93. The van der Waals surface area contributed by atoms with Gasteiger partial charge in [0.2, 0.25) is 0 Å². The molecule has 1 aromatic heterocycles. The second-order valence-corrected chi connectivity index (χ2v) is 7.73. The Morgan fingerprint density at radius 2 is 2.13 bits per heavy atom. The van der Waals surface area contributed by atoms with Crippen molar-refractivity contribution in [2.75, 3.05) is 19.0 Å². The Labute approximate surface area is 149 Å². The lowest BCUT2D eigenvalue weighted by Crippen LogP contribution is -2.22. The van der Waals surface area contributed by atoms with Gasteiger partial charge in [0.1, 0.15) is 0 Å². The summed E-state index contributed by atoms with van der Waals surface area (Å²) in [6.07, 6.45) is 1.08. The zero-order valence-corrected chi connectivity index (χ0v) is 16.2. The molecule has 0 atom stereocenters. The second kappa shape index (κ2) is 8.85. The monoisotopic (exact) mass is 398 g/mol. The van der Waals surface area contributed by atoms with Crippen LogP contribution in [0.5, 0.6) is 0 Å². The van der Waals surface area contributed by atoms with Gasteiger partial charge in [-0.15, -0.1) is 0 Å². The average molecular weight is 399 g/mol. The predicted octanol–water partition coefficient (Wildman–Crippen LogP) is 4.33. The number of rotatable bonds is 8. The van der Waals surface area contributed by atoms with Crippen LogP contribution in [0.3, 0.4) is 0 Å². The molecule has 0 amide bonds. The van der Waals surface area contributed by atoms with Gasteiger partial charge in [-0.2, -0.15) is 0 Å². The predicted molar refractivity (Wildman–Crippen MR) is 100 cm³/mol. The summed E-state index contributed by atoms with van der Waals surface area (Å²) in [5.74, 6) is 1.46. The van der Waals surface area contributed by atoms with E-state index in [9.17, 15) is 4.79 Å². The van der Waals surface area contributed by atoms with Gasteiger partial charge in [-0.3, -0.25) is 9.36 Å². The topological polar surface area (TPSA) is 44.1 Å². The van der Waals surface area contributed by atoms with Gasteiger partial charge >= 0.3 is 0 Å². The molecule has 0 aliphatic rings. The summed E-state index contributed by atoms with van der Waals surface area (Å²) in [6, 6.07) is 5.62. The van der Waals surface area contributed by atoms with Crippen LogP contribution in [0.25, 0.3) is 10.9 Å². The third-order valence-electron chi connectivity index (χ3n) is 3.50. The van der Waals surface area contributed by atoms with Crippen LogP contribution in [-0.4, -0.2) is 28.5 Å². The standard InChI is InChI=1S/C17H23BrN2O2S/c1-4-20-16(21)14-11-13(18)5-6-15(14)19-17(20)23-10-9-22-8-7-12(2)3/h5-6,11-12H,4,7-10H2,1-3H3. The SMILES string of the molecule is CCn1c(SCCOCCC(C)C)nc2ccc(Br)cc2c1=O. The molecule has 126 valence electrons. The highest BCUT2D eigenvalue weighted by Gasteiger charge is 2.10. The van der Waals surface area contributed by atoms with E-state index >= 15 is 0 Å². The highest BCUT2D eigenvalue weighted by atomic mass is 79.9. The first-order chi connectivity index (χ1) is 11.0. The summed E-state index contributed by atoms with van der Waals surface area (Å²) >= 11 is 4.99. The number of fused-ring (bicyclic) bond motifs is 1.